The maximum atomic E-state index is 11.9. The molecule has 0 aromatic carbocycles. The summed E-state index contributed by atoms with van der Waals surface area (Å²) in [5.41, 5.74) is 5.68. The van der Waals surface area contributed by atoms with E-state index >= 15 is 0 Å². The Morgan fingerprint density at radius 3 is 2.28 bits per heavy atom. The highest BCUT2D eigenvalue weighted by Crippen LogP contribution is 2.09. The van der Waals surface area contributed by atoms with E-state index in [0.717, 1.165) is 39.1 Å². The molecule has 0 spiro atoms. The number of piperazine rings is 1. The van der Waals surface area contributed by atoms with E-state index in [4.69, 9.17) is 5.73 Å². The lowest BCUT2D eigenvalue weighted by Gasteiger charge is -2.39. The molecule has 0 aliphatic carbocycles. The maximum absolute atomic E-state index is 11.9. The number of nitrogens with one attached hydrogen (secondary N) is 1. The van der Waals surface area contributed by atoms with Crippen molar-refractivity contribution in [2.24, 2.45) is 5.73 Å². The lowest BCUT2D eigenvalue weighted by atomic mass is 10.2. The van der Waals surface area contributed by atoms with Crippen LogP contribution in [0.3, 0.4) is 0 Å². The molecule has 5 heteroatoms. The molecule has 0 saturated carbocycles. The van der Waals surface area contributed by atoms with E-state index in [2.05, 4.69) is 29.0 Å². The Hall–Kier alpha value is -0.650. The van der Waals surface area contributed by atoms with Crippen molar-refractivity contribution in [3.8, 4) is 0 Å². The van der Waals surface area contributed by atoms with Crippen molar-refractivity contribution in [1.29, 1.82) is 0 Å². The maximum Gasteiger partial charge on any atom is 0.237 e. The standard InChI is InChI=1S/C13H28N4O/c1-4-5-15-13(18)12(3)17-8-6-16(7-9-17)11(2)10-14/h11-12H,4-10,14H2,1-3H3,(H,15,18). The number of amides is 1. The second-order valence-electron chi connectivity index (χ2n) is 5.12. The monoisotopic (exact) mass is 256 g/mol. The number of hydrogen-bond donors (Lipinski definition) is 2. The number of carbonyl (C=O) groups excluding carboxylic acids is 1. The molecule has 1 fully saturated rings. The molecule has 5 nitrogen and oxygen atoms in total. The van der Waals surface area contributed by atoms with Crippen LogP contribution in [0, 0.1) is 0 Å². The SMILES string of the molecule is CCCNC(=O)C(C)N1CCN(C(C)CN)CC1. The molecule has 1 aliphatic heterocycles. The van der Waals surface area contributed by atoms with Gasteiger partial charge >= 0.3 is 0 Å². The van der Waals surface area contributed by atoms with Gasteiger partial charge in [-0.25, -0.2) is 0 Å². The average molecular weight is 256 g/mol. The first-order valence-corrected chi connectivity index (χ1v) is 7.06. The molecular formula is C13H28N4O. The summed E-state index contributed by atoms with van der Waals surface area (Å²) in [6.45, 7) is 11.6. The lowest BCUT2D eigenvalue weighted by molar-refractivity contribution is -0.126. The number of nitrogens with zero attached hydrogens (tertiary/aromatic N) is 2. The molecule has 0 bridgehead atoms. The number of nitrogens with two attached hydrogens (primary N) is 1. The van der Waals surface area contributed by atoms with E-state index < -0.39 is 0 Å². The Morgan fingerprint density at radius 2 is 1.78 bits per heavy atom. The Morgan fingerprint density at radius 1 is 1.22 bits per heavy atom. The van der Waals surface area contributed by atoms with Gasteiger partial charge in [0, 0.05) is 45.3 Å². The van der Waals surface area contributed by atoms with Gasteiger partial charge in [-0.3, -0.25) is 14.6 Å². The minimum atomic E-state index is -0.0214. The highest BCUT2D eigenvalue weighted by atomic mass is 16.2. The summed E-state index contributed by atoms with van der Waals surface area (Å²) in [5, 5.41) is 2.96. The van der Waals surface area contributed by atoms with Crippen LogP contribution in [0.15, 0.2) is 0 Å². The first kappa shape index (κ1) is 15.4. The highest BCUT2D eigenvalue weighted by Gasteiger charge is 2.26. The smallest absolute Gasteiger partial charge is 0.237 e. The Balaban J connectivity index is 2.35. The summed E-state index contributed by atoms with van der Waals surface area (Å²) in [5.74, 6) is 0.150. The number of carbonyl (C=O) groups is 1. The van der Waals surface area contributed by atoms with Crippen LogP contribution in [-0.2, 0) is 4.79 Å². The van der Waals surface area contributed by atoms with Crippen molar-refractivity contribution in [1.82, 2.24) is 15.1 Å². The van der Waals surface area contributed by atoms with Crippen molar-refractivity contribution < 1.29 is 4.79 Å². The van der Waals surface area contributed by atoms with E-state index in [1.807, 2.05) is 6.92 Å². The fraction of sp³-hybridized carbons (Fsp3) is 0.923. The first-order valence-electron chi connectivity index (χ1n) is 7.06. The molecule has 106 valence electrons. The lowest BCUT2D eigenvalue weighted by Crippen LogP contribution is -2.56. The topological polar surface area (TPSA) is 61.6 Å². The van der Waals surface area contributed by atoms with Crippen molar-refractivity contribution in [3.05, 3.63) is 0 Å². The van der Waals surface area contributed by atoms with Gasteiger partial charge in [0.05, 0.1) is 6.04 Å². The van der Waals surface area contributed by atoms with Crippen LogP contribution in [0.1, 0.15) is 27.2 Å². The summed E-state index contributed by atoms with van der Waals surface area (Å²) < 4.78 is 0. The zero-order valence-electron chi connectivity index (χ0n) is 12.0. The quantitative estimate of drug-likeness (QED) is 0.695. The third-order valence-electron chi connectivity index (χ3n) is 3.79. The predicted octanol–water partition coefficient (Wildman–Crippen LogP) is -0.134. The zero-order chi connectivity index (χ0) is 13.5. The van der Waals surface area contributed by atoms with E-state index in [9.17, 15) is 4.79 Å². The predicted molar refractivity (Wildman–Crippen MR) is 74.4 cm³/mol. The van der Waals surface area contributed by atoms with Crippen LogP contribution in [-0.4, -0.2) is 67.1 Å². The van der Waals surface area contributed by atoms with Crippen molar-refractivity contribution in [2.45, 2.75) is 39.3 Å². The van der Waals surface area contributed by atoms with Crippen molar-refractivity contribution in [3.63, 3.8) is 0 Å². The van der Waals surface area contributed by atoms with E-state index in [1.54, 1.807) is 0 Å². The normalized spacial score (nSPS) is 21.6. The van der Waals surface area contributed by atoms with E-state index in [0.29, 0.717) is 12.6 Å². The van der Waals surface area contributed by atoms with Crippen LogP contribution in [0.25, 0.3) is 0 Å². The molecule has 0 radical (unpaired) electrons. The van der Waals surface area contributed by atoms with Gasteiger partial charge in [-0.2, -0.15) is 0 Å². The summed E-state index contributed by atoms with van der Waals surface area (Å²) in [4.78, 5) is 16.5. The molecule has 18 heavy (non-hydrogen) atoms. The third kappa shape index (κ3) is 4.23. The molecule has 1 rings (SSSR count). The van der Waals surface area contributed by atoms with Gasteiger partial charge in [-0.05, 0) is 20.3 Å². The molecule has 1 amide bonds. The average Bonchev–Trinajstić information content (AvgIpc) is 2.43. The van der Waals surface area contributed by atoms with Crippen LogP contribution in [0.2, 0.25) is 0 Å². The second kappa shape index (κ2) is 7.71. The molecule has 0 aromatic rings. The second-order valence-corrected chi connectivity index (χ2v) is 5.12. The van der Waals surface area contributed by atoms with Crippen LogP contribution in [0.5, 0.6) is 0 Å². The number of hydrogen-bond acceptors (Lipinski definition) is 4. The Kier molecular flexibility index (Phi) is 6.60. The van der Waals surface area contributed by atoms with E-state index in [-0.39, 0.29) is 11.9 Å². The molecule has 1 aliphatic rings. The van der Waals surface area contributed by atoms with Gasteiger partial charge in [0.2, 0.25) is 5.91 Å². The van der Waals surface area contributed by atoms with Crippen LogP contribution < -0.4 is 11.1 Å². The fourth-order valence-corrected chi connectivity index (χ4v) is 2.28. The van der Waals surface area contributed by atoms with Crippen LogP contribution >= 0.6 is 0 Å². The van der Waals surface area contributed by atoms with Crippen molar-refractivity contribution >= 4 is 5.91 Å². The zero-order valence-corrected chi connectivity index (χ0v) is 12.0. The van der Waals surface area contributed by atoms with Crippen LogP contribution in [0.4, 0.5) is 0 Å². The Labute approximate surface area is 111 Å². The third-order valence-corrected chi connectivity index (χ3v) is 3.79. The minimum Gasteiger partial charge on any atom is -0.355 e. The van der Waals surface area contributed by atoms with Crippen molar-refractivity contribution in [2.75, 3.05) is 39.3 Å². The van der Waals surface area contributed by atoms with E-state index in [1.165, 1.54) is 0 Å². The summed E-state index contributed by atoms with van der Waals surface area (Å²) in [6, 6.07) is 0.420. The fourth-order valence-electron chi connectivity index (χ4n) is 2.28. The molecule has 2 unspecified atom stereocenters. The largest absolute Gasteiger partial charge is 0.355 e. The summed E-state index contributed by atoms with van der Waals surface area (Å²) >= 11 is 0. The first-order chi connectivity index (χ1) is 8.60. The molecule has 2 atom stereocenters. The number of rotatable bonds is 6. The molecule has 1 heterocycles. The summed E-state index contributed by atoms with van der Waals surface area (Å²) in [6.07, 6.45) is 0.986. The summed E-state index contributed by atoms with van der Waals surface area (Å²) in [7, 11) is 0. The molecule has 3 N–H and O–H groups in total. The minimum absolute atomic E-state index is 0.0214. The van der Waals surface area contributed by atoms with Gasteiger partial charge in [0.15, 0.2) is 0 Å². The molecular weight excluding hydrogens is 228 g/mol. The molecule has 0 aromatic heterocycles. The van der Waals surface area contributed by atoms with Gasteiger partial charge in [0.25, 0.3) is 0 Å². The van der Waals surface area contributed by atoms with Gasteiger partial charge < -0.3 is 11.1 Å². The highest BCUT2D eigenvalue weighted by molar-refractivity contribution is 5.81. The van der Waals surface area contributed by atoms with Gasteiger partial charge in [-0.15, -0.1) is 0 Å². The van der Waals surface area contributed by atoms with Gasteiger partial charge in [0.1, 0.15) is 0 Å². The molecule has 1 saturated heterocycles. The van der Waals surface area contributed by atoms with Gasteiger partial charge in [-0.1, -0.05) is 6.92 Å². The Bertz CT molecular complexity index is 251.